The van der Waals surface area contributed by atoms with Gasteiger partial charge in [0.25, 0.3) is 0 Å². The molecule has 0 unspecified atom stereocenters. The predicted octanol–water partition coefficient (Wildman–Crippen LogP) is 14.2. The molecular weight excluding hydrogens is 703 g/mol. The van der Waals surface area contributed by atoms with Crippen molar-refractivity contribution < 1.29 is 0 Å². The van der Waals surface area contributed by atoms with Crippen LogP contribution in [0, 0.1) is 0 Å². The average molecular weight is 746 g/mol. The van der Waals surface area contributed by atoms with E-state index in [2.05, 4.69) is 229 Å². The summed E-state index contributed by atoms with van der Waals surface area (Å²) in [6, 6.07) is 58.6. The number of nitrogens with zero attached hydrogens (tertiary/aromatic N) is 3. The molecule has 2 aliphatic rings. The van der Waals surface area contributed by atoms with Gasteiger partial charge in [0.05, 0.1) is 22.4 Å². The lowest BCUT2D eigenvalue weighted by Gasteiger charge is -2.31. The molecular formula is C55H43N3. The summed E-state index contributed by atoms with van der Waals surface area (Å²) < 4.78 is 2.47. The van der Waals surface area contributed by atoms with Gasteiger partial charge < -0.3 is 9.47 Å². The van der Waals surface area contributed by atoms with Crippen LogP contribution < -0.4 is 4.90 Å². The first-order chi connectivity index (χ1) is 28.5. The van der Waals surface area contributed by atoms with Gasteiger partial charge in [0.15, 0.2) is 0 Å². The molecule has 0 atom stereocenters. The van der Waals surface area contributed by atoms with E-state index in [4.69, 9.17) is 6.58 Å². The number of rotatable bonds is 7. The number of aromatic nitrogens is 1. The molecule has 2 heterocycles. The van der Waals surface area contributed by atoms with E-state index >= 15 is 0 Å². The Kier molecular flexibility index (Phi) is 8.53. The summed E-state index contributed by atoms with van der Waals surface area (Å²) in [5, 5.41) is 2.49. The molecule has 0 bridgehead atoms. The fraction of sp³-hybridized carbons (Fsp3) is 0.0727. The Hall–Kier alpha value is -7.23. The molecule has 1 aromatic heterocycles. The number of para-hydroxylation sites is 2. The number of hydrogen-bond acceptors (Lipinski definition) is 2. The van der Waals surface area contributed by atoms with E-state index in [0.29, 0.717) is 0 Å². The Balaban J connectivity index is 1.26. The molecule has 1 aliphatic carbocycles. The molecule has 0 amide bonds. The summed E-state index contributed by atoms with van der Waals surface area (Å²) in [5.74, 6) is 0.0215. The fourth-order valence-corrected chi connectivity index (χ4v) is 9.45. The number of fused-ring (bicyclic) bond motifs is 10. The molecule has 0 spiro atoms. The first-order valence-electron chi connectivity index (χ1n) is 20.0. The van der Waals surface area contributed by atoms with Crippen molar-refractivity contribution in [2.24, 2.45) is 4.99 Å². The zero-order chi connectivity index (χ0) is 39.4. The third kappa shape index (κ3) is 5.54. The predicted molar refractivity (Wildman–Crippen MR) is 246 cm³/mol. The summed E-state index contributed by atoms with van der Waals surface area (Å²) in [7, 11) is 0. The molecule has 0 N–H and O–H groups in total. The molecule has 1 aliphatic heterocycles. The van der Waals surface area contributed by atoms with Crippen LogP contribution in [-0.4, -0.2) is 11.3 Å². The summed E-state index contributed by atoms with van der Waals surface area (Å²) in [5.41, 5.74) is 16.9. The highest BCUT2D eigenvalue weighted by Gasteiger charge is 2.42. The Morgan fingerprint density at radius 2 is 1.28 bits per heavy atom. The highest BCUT2D eigenvalue weighted by Crippen LogP contribution is 2.59. The number of allylic oxidation sites excluding steroid dienone is 5. The van der Waals surface area contributed by atoms with E-state index in [1.807, 2.05) is 0 Å². The van der Waals surface area contributed by atoms with E-state index < -0.39 is 0 Å². The molecule has 0 saturated carbocycles. The summed E-state index contributed by atoms with van der Waals surface area (Å²) in [6.45, 7) is 13.6. The fourth-order valence-electron chi connectivity index (χ4n) is 9.45. The van der Waals surface area contributed by atoms with Crippen molar-refractivity contribution in [1.29, 1.82) is 0 Å². The van der Waals surface area contributed by atoms with Crippen LogP contribution in [0.15, 0.2) is 206 Å². The Morgan fingerprint density at radius 1 is 0.655 bits per heavy atom. The summed E-state index contributed by atoms with van der Waals surface area (Å²) in [4.78, 5) is 6.98. The highest BCUT2D eigenvalue weighted by molar-refractivity contribution is 6.22. The van der Waals surface area contributed by atoms with Crippen LogP contribution in [0.1, 0.15) is 53.1 Å². The van der Waals surface area contributed by atoms with Crippen LogP contribution in [0.5, 0.6) is 0 Å². The number of anilines is 2. The van der Waals surface area contributed by atoms with Gasteiger partial charge in [0.2, 0.25) is 0 Å². The number of benzene rings is 7. The standard InChI is InChI=1S/C55H43N3/c1-37-20-18-19-35-57(41-25-12-7-13-26-41)53-49(37)50-43-27-14-16-29-46(43)55(2,3)52(50)51-44-28-15-17-30-48(44)58(54(51)53)42-33-31-40(32-34-42)47(56-4)36-45(38-21-8-5-9-22-38)39-23-10-6-11-24-39/h5-36,45H,1,4H2,2-3H3/b20-18-,35-19-,47-36-. The van der Waals surface area contributed by atoms with Crippen LogP contribution in [0.3, 0.4) is 0 Å². The molecule has 0 radical (unpaired) electrons. The minimum absolute atomic E-state index is 0.0215. The molecule has 10 rings (SSSR count). The van der Waals surface area contributed by atoms with E-state index in [1.165, 1.54) is 44.2 Å². The van der Waals surface area contributed by atoms with Gasteiger partial charge in [-0.1, -0.05) is 166 Å². The largest absolute Gasteiger partial charge is 0.315 e. The van der Waals surface area contributed by atoms with Crippen LogP contribution in [-0.2, 0) is 5.41 Å². The van der Waals surface area contributed by atoms with Crippen molar-refractivity contribution in [2.45, 2.75) is 25.2 Å². The van der Waals surface area contributed by atoms with Crippen molar-refractivity contribution in [3.63, 3.8) is 0 Å². The monoisotopic (exact) mass is 745 g/mol. The van der Waals surface area contributed by atoms with Gasteiger partial charge in [-0.2, -0.15) is 0 Å². The van der Waals surface area contributed by atoms with Gasteiger partial charge in [0.1, 0.15) is 0 Å². The SMILES string of the molecule is C=N/C(=C\C(c1ccccc1)c1ccccc1)c1ccc(-n2c3ccccc3c3c4c(c5c(c32)N(c2ccccc2)/C=C\C=C/C5=C)-c2ccccc2C4(C)C)cc1. The topological polar surface area (TPSA) is 20.5 Å². The number of aliphatic imine (C=N–C) groups is 1. The van der Waals surface area contributed by atoms with E-state index in [0.717, 1.165) is 50.5 Å². The smallest absolute Gasteiger partial charge is 0.0792 e. The maximum atomic E-state index is 4.78. The minimum atomic E-state index is -0.263. The molecule has 278 valence electrons. The van der Waals surface area contributed by atoms with Gasteiger partial charge in [-0.05, 0) is 93.7 Å². The maximum absolute atomic E-state index is 4.78. The lowest BCUT2D eigenvalue weighted by Crippen LogP contribution is -2.18. The van der Waals surface area contributed by atoms with Crippen molar-refractivity contribution in [1.82, 2.24) is 4.57 Å². The van der Waals surface area contributed by atoms with Gasteiger partial charge in [-0.3, -0.25) is 4.99 Å². The van der Waals surface area contributed by atoms with Crippen molar-refractivity contribution in [2.75, 3.05) is 4.90 Å². The third-order valence-electron chi connectivity index (χ3n) is 12.1. The summed E-state index contributed by atoms with van der Waals surface area (Å²) in [6.07, 6.45) is 10.8. The molecule has 8 aromatic rings. The quantitative estimate of drug-likeness (QED) is 0.149. The molecule has 7 aromatic carbocycles. The second-order valence-electron chi connectivity index (χ2n) is 15.7. The third-order valence-corrected chi connectivity index (χ3v) is 12.1. The Morgan fingerprint density at radius 3 is 1.97 bits per heavy atom. The van der Waals surface area contributed by atoms with Crippen LogP contribution >= 0.6 is 0 Å². The Labute approximate surface area is 340 Å². The Bertz CT molecular complexity index is 2940. The van der Waals surface area contributed by atoms with Gasteiger partial charge in [-0.15, -0.1) is 0 Å². The summed E-state index contributed by atoms with van der Waals surface area (Å²) >= 11 is 0. The lowest BCUT2D eigenvalue weighted by atomic mass is 9.79. The van der Waals surface area contributed by atoms with Gasteiger partial charge >= 0.3 is 0 Å². The molecule has 3 nitrogen and oxygen atoms in total. The zero-order valence-corrected chi connectivity index (χ0v) is 32.8. The molecule has 0 saturated heterocycles. The van der Waals surface area contributed by atoms with Crippen LogP contribution in [0.4, 0.5) is 11.4 Å². The van der Waals surface area contributed by atoms with E-state index in [9.17, 15) is 0 Å². The van der Waals surface area contributed by atoms with E-state index in [1.54, 1.807) is 0 Å². The molecule has 0 fully saturated rings. The maximum Gasteiger partial charge on any atom is 0.0792 e. The van der Waals surface area contributed by atoms with Crippen molar-refractivity contribution >= 4 is 51.2 Å². The second kappa shape index (κ2) is 14.1. The first-order valence-corrected chi connectivity index (χ1v) is 20.0. The minimum Gasteiger partial charge on any atom is -0.315 e. The normalized spacial score (nSPS) is 15.5. The molecule has 3 heteroatoms. The zero-order valence-electron chi connectivity index (χ0n) is 32.8. The van der Waals surface area contributed by atoms with Gasteiger partial charge in [-0.25, -0.2) is 0 Å². The van der Waals surface area contributed by atoms with Crippen molar-refractivity contribution in [3.8, 4) is 16.8 Å². The van der Waals surface area contributed by atoms with Crippen LogP contribution in [0.2, 0.25) is 0 Å². The van der Waals surface area contributed by atoms with Crippen LogP contribution in [0.25, 0.3) is 49.9 Å². The lowest BCUT2D eigenvalue weighted by molar-refractivity contribution is 0.666. The average Bonchev–Trinajstić information content (AvgIpc) is 3.72. The highest BCUT2D eigenvalue weighted by atomic mass is 15.1. The van der Waals surface area contributed by atoms with E-state index in [-0.39, 0.29) is 11.3 Å². The van der Waals surface area contributed by atoms with Gasteiger partial charge in [0, 0.05) is 45.2 Å². The second-order valence-corrected chi connectivity index (χ2v) is 15.7. The molecule has 58 heavy (non-hydrogen) atoms. The number of hydrogen-bond donors (Lipinski definition) is 0. The first kappa shape index (κ1) is 35.2. The van der Waals surface area contributed by atoms with Crippen molar-refractivity contribution in [3.05, 3.63) is 234 Å².